The highest BCUT2D eigenvalue weighted by Gasteiger charge is 2.42. The minimum absolute atomic E-state index is 0. The number of hydrogen-bond donors (Lipinski definition) is 1. The predicted octanol–water partition coefficient (Wildman–Crippen LogP) is 2.91. The van der Waals surface area contributed by atoms with Crippen LogP contribution >= 0.6 is 12.4 Å². The van der Waals surface area contributed by atoms with Crippen LogP contribution in [0.15, 0.2) is 30.3 Å². The zero-order valence-electron chi connectivity index (χ0n) is 10.8. The molecule has 2 nitrogen and oxygen atoms in total. The van der Waals surface area contributed by atoms with Gasteiger partial charge in [-0.15, -0.1) is 12.4 Å². The van der Waals surface area contributed by atoms with Crippen LogP contribution in [0.1, 0.15) is 37.7 Å². The molecule has 3 rings (SSSR count). The molecule has 100 valence electrons. The molecular formula is C15H23ClN2. The number of likely N-dealkylation sites (tertiary alicyclic amines) is 1. The van der Waals surface area contributed by atoms with Gasteiger partial charge in [0, 0.05) is 24.7 Å². The Morgan fingerprint density at radius 2 is 1.67 bits per heavy atom. The second-order valence-corrected chi connectivity index (χ2v) is 5.58. The van der Waals surface area contributed by atoms with Crippen molar-refractivity contribution in [3.63, 3.8) is 0 Å². The Balaban J connectivity index is 0.00000120. The van der Waals surface area contributed by atoms with Gasteiger partial charge in [0.25, 0.3) is 0 Å². The number of nitrogens with two attached hydrogens (primary N) is 1. The summed E-state index contributed by atoms with van der Waals surface area (Å²) in [5.41, 5.74) is 7.88. The average Bonchev–Trinajstić information content (AvgIpc) is 2.31. The zero-order chi connectivity index (χ0) is 11.7. The average molecular weight is 267 g/mol. The number of rotatable bonds is 2. The number of hydrogen-bond acceptors (Lipinski definition) is 2. The third-order valence-corrected chi connectivity index (χ3v) is 4.63. The minimum Gasteiger partial charge on any atom is -0.328 e. The summed E-state index contributed by atoms with van der Waals surface area (Å²) >= 11 is 0. The molecule has 1 saturated carbocycles. The van der Waals surface area contributed by atoms with Gasteiger partial charge in [0.05, 0.1) is 0 Å². The van der Waals surface area contributed by atoms with Gasteiger partial charge < -0.3 is 5.73 Å². The van der Waals surface area contributed by atoms with Crippen LogP contribution in [-0.2, 0) is 5.54 Å². The molecule has 1 aromatic carbocycles. The molecule has 1 aliphatic carbocycles. The van der Waals surface area contributed by atoms with Crippen LogP contribution < -0.4 is 5.73 Å². The topological polar surface area (TPSA) is 29.3 Å². The molecule has 2 N–H and O–H groups in total. The molecule has 1 aliphatic heterocycles. The van der Waals surface area contributed by atoms with Crippen molar-refractivity contribution in [3.05, 3.63) is 35.9 Å². The second kappa shape index (κ2) is 5.60. The molecule has 0 spiro atoms. The van der Waals surface area contributed by atoms with Crippen molar-refractivity contribution in [1.29, 1.82) is 0 Å². The van der Waals surface area contributed by atoms with Gasteiger partial charge in [-0.1, -0.05) is 30.3 Å². The molecule has 18 heavy (non-hydrogen) atoms. The van der Waals surface area contributed by atoms with E-state index in [1.54, 1.807) is 0 Å². The zero-order valence-corrected chi connectivity index (χ0v) is 11.7. The monoisotopic (exact) mass is 266 g/mol. The number of benzene rings is 1. The number of halogens is 1. The summed E-state index contributed by atoms with van der Waals surface area (Å²) in [6, 6.07) is 11.5. The van der Waals surface area contributed by atoms with Crippen molar-refractivity contribution in [2.45, 2.75) is 43.7 Å². The molecule has 0 bridgehead atoms. The van der Waals surface area contributed by atoms with Crippen LogP contribution in [0.2, 0.25) is 0 Å². The summed E-state index contributed by atoms with van der Waals surface area (Å²) in [6.45, 7) is 2.54. The van der Waals surface area contributed by atoms with E-state index in [1.807, 2.05) is 0 Å². The molecule has 1 aromatic rings. The fourth-order valence-electron chi connectivity index (χ4n) is 3.40. The first-order valence-electron chi connectivity index (χ1n) is 6.87. The SMILES string of the molecule is Cl.NC1CCC(c2ccccc2)(N2CCC2)CC1. The number of nitrogens with zero attached hydrogens (tertiary/aromatic N) is 1. The Bertz CT molecular complexity index is 367. The van der Waals surface area contributed by atoms with Crippen molar-refractivity contribution >= 4 is 12.4 Å². The molecule has 0 aromatic heterocycles. The molecular weight excluding hydrogens is 244 g/mol. The third kappa shape index (κ3) is 2.29. The Kier molecular flexibility index (Phi) is 4.31. The second-order valence-electron chi connectivity index (χ2n) is 5.58. The summed E-state index contributed by atoms with van der Waals surface area (Å²) in [7, 11) is 0. The maximum absolute atomic E-state index is 6.08. The normalized spacial score (nSPS) is 32.4. The van der Waals surface area contributed by atoms with Crippen LogP contribution in [-0.4, -0.2) is 24.0 Å². The first kappa shape index (κ1) is 13.9. The summed E-state index contributed by atoms with van der Waals surface area (Å²) in [6.07, 6.45) is 6.17. The molecule has 2 fully saturated rings. The standard InChI is InChI=1S/C15H22N2.ClH/c16-14-7-9-15(10-8-14,17-11-4-12-17)13-5-2-1-3-6-13;/h1-3,5-6,14H,4,7-12,16H2;1H. The fourth-order valence-corrected chi connectivity index (χ4v) is 3.40. The van der Waals surface area contributed by atoms with Gasteiger partial charge in [-0.2, -0.15) is 0 Å². The lowest BCUT2D eigenvalue weighted by atomic mass is 9.72. The highest BCUT2D eigenvalue weighted by Crippen LogP contribution is 2.44. The highest BCUT2D eigenvalue weighted by atomic mass is 35.5. The van der Waals surface area contributed by atoms with Crippen LogP contribution in [0.5, 0.6) is 0 Å². The largest absolute Gasteiger partial charge is 0.328 e. The quantitative estimate of drug-likeness (QED) is 0.892. The lowest BCUT2D eigenvalue weighted by molar-refractivity contribution is -0.00606. The van der Waals surface area contributed by atoms with Gasteiger partial charge >= 0.3 is 0 Å². The maximum Gasteiger partial charge on any atom is 0.0461 e. The van der Waals surface area contributed by atoms with Gasteiger partial charge in [0.2, 0.25) is 0 Å². The van der Waals surface area contributed by atoms with Crippen molar-refractivity contribution in [2.24, 2.45) is 5.73 Å². The van der Waals surface area contributed by atoms with Crippen molar-refractivity contribution in [2.75, 3.05) is 13.1 Å². The van der Waals surface area contributed by atoms with Crippen LogP contribution in [0.3, 0.4) is 0 Å². The van der Waals surface area contributed by atoms with Crippen LogP contribution in [0.25, 0.3) is 0 Å². The van der Waals surface area contributed by atoms with E-state index in [9.17, 15) is 0 Å². The van der Waals surface area contributed by atoms with E-state index in [1.165, 1.54) is 50.8 Å². The smallest absolute Gasteiger partial charge is 0.0461 e. The molecule has 1 heterocycles. The molecule has 1 saturated heterocycles. The molecule has 0 unspecified atom stereocenters. The molecule has 3 heteroatoms. The van der Waals surface area contributed by atoms with E-state index < -0.39 is 0 Å². The van der Waals surface area contributed by atoms with E-state index >= 15 is 0 Å². The highest BCUT2D eigenvalue weighted by molar-refractivity contribution is 5.85. The van der Waals surface area contributed by atoms with Gasteiger partial charge in [-0.05, 0) is 37.7 Å². The molecule has 2 aliphatic rings. The Labute approximate surface area is 116 Å². The Morgan fingerprint density at radius 3 is 2.17 bits per heavy atom. The van der Waals surface area contributed by atoms with Crippen LogP contribution in [0, 0.1) is 0 Å². The van der Waals surface area contributed by atoms with Crippen molar-refractivity contribution in [1.82, 2.24) is 4.90 Å². The van der Waals surface area contributed by atoms with E-state index in [-0.39, 0.29) is 12.4 Å². The third-order valence-electron chi connectivity index (χ3n) is 4.63. The molecule has 0 atom stereocenters. The van der Waals surface area contributed by atoms with Crippen molar-refractivity contribution in [3.8, 4) is 0 Å². The maximum atomic E-state index is 6.08. The Hall–Kier alpha value is -0.570. The molecule has 0 amide bonds. The molecule has 0 radical (unpaired) electrons. The summed E-state index contributed by atoms with van der Waals surface area (Å²) in [5.74, 6) is 0. The first-order chi connectivity index (χ1) is 8.31. The predicted molar refractivity (Wildman–Crippen MR) is 78.0 cm³/mol. The Morgan fingerprint density at radius 1 is 1.06 bits per heavy atom. The summed E-state index contributed by atoms with van der Waals surface area (Å²) in [5, 5.41) is 0. The van der Waals surface area contributed by atoms with E-state index in [2.05, 4.69) is 35.2 Å². The van der Waals surface area contributed by atoms with Gasteiger partial charge in [0.15, 0.2) is 0 Å². The van der Waals surface area contributed by atoms with E-state index in [4.69, 9.17) is 5.73 Å². The van der Waals surface area contributed by atoms with Crippen molar-refractivity contribution < 1.29 is 0 Å². The van der Waals surface area contributed by atoms with Gasteiger partial charge in [-0.25, -0.2) is 0 Å². The fraction of sp³-hybridized carbons (Fsp3) is 0.600. The summed E-state index contributed by atoms with van der Waals surface area (Å²) in [4.78, 5) is 2.67. The minimum atomic E-state index is 0. The first-order valence-corrected chi connectivity index (χ1v) is 6.87. The van der Waals surface area contributed by atoms with Gasteiger partial charge in [0.1, 0.15) is 0 Å². The van der Waals surface area contributed by atoms with Crippen LogP contribution in [0.4, 0.5) is 0 Å². The summed E-state index contributed by atoms with van der Waals surface area (Å²) < 4.78 is 0. The van der Waals surface area contributed by atoms with Gasteiger partial charge in [-0.3, -0.25) is 4.90 Å². The van der Waals surface area contributed by atoms with E-state index in [0.29, 0.717) is 11.6 Å². The lowest BCUT2D eigenvalue weighted by Crippen LogP contribution is -2.55. The van der Waals surface area contributed by atoms with E-state index in [0.717, 1.165) is 0 Å². The lowest BCUT2D eigenvalue weighted by Gasteiger charge is -2.52.